The smallest absolute Gasteiger partial charge is 0.158 e. The van der Waals surface area contributed by atoms with E-state index in [1.165, 1.54) is 37.7 Å². The van der Waals surface area contributed by atoms with Crippen molar-refractivity contribution in [2.75, 3.05) is 7.11 Å². The third kappa shape index (κ3) is 1.45. The zero-order chi connectivity index (χ0) is 14.9. The van der Waals surface area contributed by atoms with Crippen LogP contribution in [-0.2, 0) is 15.4 Å². The Labute approximate surface area is 131 Å². The Morgan fingerprint density at radius 2 is 1.68 bits per heavy atom. The van der Waals surface area contributed by atoms with Gasteiger partial charge in [0.15, 0.2) is 5.60 Å². The standard InChI is InChI=1S/C19H24O3/c1-18(14-4-3-5-17(11-14)20-2)19(22-21-18)15-7-12-6-13(9-15)10-16(19)8-12/h3-5,11-13,15-16H,6-10H2,1-2H3. The van der Waals surface area contributed by atoms with Gasteiger partial charge in [-0.25, -0.2) is 9.78 Å². The molecule has 1 saturated heterocycles. The Morgan fingerprint density at radius 3 is 2.23 bits per heavy atom. The maximum atomic E-state index is 6.00. The molecule has 1 unspecified atom stereocenters. The average molecular weight is 300 g/mol. The predicted molar refractivity (Wildman–Crippen MR) is 82.3 cm³/mol. The van der Waals surface area contributed by atoms with Crippen LogP contribution in [0.3, 0.4) is 0 Å². The first-order valence-electron chi connectivity index (χ1n) is 8.67. The van der Waals surface area contributed by atoms with Crippen LogP contribution >= 0.6 is 0 Å². The molecule has 4 saturated carbocycles. The number of rotatable bonds is 2. The van der Waals surface area contributed by atoms with Crippen LogP contribution < -0.4 is 4.74 Å². The van der Waals surface area contributed by atoms with E-state index >= 15 is 0 Å². The number of methoxy groups -OCH3 is 1. The molecule has 4 aliphatic carbocycles. The van der Waals surface area contributed by atoms with Gasteiger partial charge < -0.3 is 4.74 Å². The van der Waals surface area contributed by atoms with Crippen LogP contribution in [-0.4, -0.2) is 12.7 Å². The molecule has 1 aliphatic heterocycles. The van der Waals surface area contributed by atoms with E-state index in [2.05, 4.69) is 25.1 Å². The van der Waals surface area contributed by atoms with E-state index in [-0.39, 0.29) is 11.2 Å². The van der Waals surface area contributed by atoms with Crippen molar-refractivity contribution in [3.63, 3.8) is 0 Å². The zero-order valence-electron chi connectivity index (χ0n) is 13.4. The Bertz CT molecular complexity index is 582. The van der Waals surface area contributed by atoms with E-state index in [4.69, 9.17) is 14.5 Å². The SMILES string of the molecule is COc1cccc(C2(C)OOC23C2CC4CC(C2)CC3C4)c1. The summed E-state index contributed by atoms with van der Waals surface area (Å²) in [6.45, 7) is 2.23. The summed E-state index contributed by atoms with van der Waals surface area (Å²) < 4.78 is 5.42. The summed E-state index contributed by atoms with van der Waals surface area (Å²) in [6, 6.07) is 8.34. The number of benzene rings is 1. The van der Waals surface area contributed by atoms with Crippen molar-refractivity contribution in [3.8, 4) is 5.75 Å². The van der Waals surface area contributed by atoms with Gasteiger partial charge in [-0.05, 0) is 80.4 Å². The van der Waals surface area contributed by atoms with Gasteiger partial charge in [0.05, 0.1) is 7.11 Å². The number of hydrogen-bond acceptors (Lipinski definition) is 3. The van der Waals surface area contributed by atoms with Crippen LogP contribution in [0.25, 0.3) is 0 Å². The van der Waals surface area contributed by atoms with Crippen molar-refractivity contribution in [2.45, 2.75) is 50.2 Å². The van der Waals surface area contributed by atoms with E-state index in [1.54, 1.807) is 7.11 Å². The largest absolute Gasteiger partial charge is 0.497 e. The lowest BCUT2D eigenvalue weighted by atomic mass is 9.45. The molecule has 118 valence electrons. The van der Waals surface area contributed by atoms with Crippen molar-refractivity contribution in [3.05, 3.63) is 29.8 Å². The lowest BCUT2D eigenvalue weighted by molar-refractivity contribution is -0.590. The second-order valence-electron chi connectivity index (χ2n) is 8.03. The minimum atomic E-state index is -0.329. The Hall–Kier alpha value is -1.06. The molecule has 5 aliphatic rings. The third-order valence-electron chi connectivity index (χ3n) is 7.06. The molecule has 1 spiro atoms. The van der Waals surface area contributed by atoms with Gasteiger partial charge >= 0.3 is 0 Å². The molecule has 1 aromatic carbocycles. The van der Waals surface area contributed by atoms with Gasteiger partial charge in [-0.15, -0.1) is 0 Å². The summed E-state index contributed by atoms with van der Waals surface area (Å²) in [5.41, 5.74) is 0.766. The average Bonchev–Trinajstić information content (AvgIpc) is 2.52. The van der Waals surface area contributed by atoms with Crippen LogP contribution in [0.2, 0.25) is 0 Å². The third-order valence-corrected chi connectivity index (χ3v) is 7.06. The van der Waals surface area contributed by atoms with E-state index in [0.717, 1.165) is 17.6 Å². The topological polar surface area (TPSA) is 27.7 Å². The molecule has 22 heavy (non-hydrogen) atoms. The van der Waals surface area contributed by atoms with Crippen molar-refractivity contribution in [1.29, 1.82) is 0 Å². The van der Waals surface area contributed by atoms with E-state index in [9.17, 15) is 0 Å². The minimum absolute atomic E-state index is 0.104. The summed E-state index contributed by atoms with van der Waals surface area (Å²) in [4.78, 5) is 11.8. The lowest BCUT2D eigenvalue weighted by Crippen LogP contribution is -2.74. The maximum absolute atomic E-state index is 6.00. The van der Waals surface area contributed by atoms with Crippen LogP contribution in [0.1, 0.15) is 44.6 Å². The van der Waals surface area contributed by atoms with Crippen LogP contribution in [0.5, 0.6) is 5.75 Å². The highest BCUT2D eigenvalue weighted by Gasteiger charge is 2.73. The van der Waals surface area contributed by atoms with Crippen molar-refractivity contribution in [1.82, 2.24) is 0 Å². The highest BCUT2D eigenvalue weighted by Crippen LogP contribution is 2.69. The molecule has 3 heteroatoms. The number of ether oxygens (including phenoxy) is 1. The first-order chi connectivity index (χ1) is 10.7. The quantitative estimate of drug-likeness (QED) is 0.771. The molecule has 1 aromatic rings. The molecule has 0 N–H and O–H groups in total. The van der Waals surface area contributed by atoms with Gasteiger partial charge in [-0.1, -0.05) is 12.1 Å². The fraction of sp³-hybridized carbons (Fsp3) is 0.684. The molecule has 0 radical (unpaired) electrons. The van der Waals surface area contributed by atoms with Crippen LogP contribution in [0.4, 0.5) is 0 Å². The van der Waals surface area contributed by atoms with Crippen molar-refractivity contribution >= 4 is 0 Å². The maximum Gasteiger partial charge on any atom is 0.158 e. The summed E-state index contributed by atoms with van der Waals surface area (Å²) in [5.74, 6) is 4.09. The Balaban J connectivity index is 1.58. The molecule has 1 atom stereocenters. The molecular weight excluding hydrogens is 276 g/mol. The van der Waals surface area contributed by atoms with Crippen LogP contribution in [0.15, 0.2) is 24.3 Å². The van der Waals surface area contributed by atoms with Gasteiger partial charge in [-0.3, -0.25) is 0 Å². The highest BCUT2D eigenvalue weighted by atomic mass is 17.3. The predicted octanol–water partition coefficient (Wildman–Crippen LogP) is 4.07. The van der Waals surface area contributed by atoms with E-state index < -0.39 is 0 Å². The molecular formula is C19H24O3. The summed E-state index contributed by atoms with van der Waals surface area (Å²) in [5, 5.41) is 0. The normalized spacial score (nSPS) is 48.5. The Morgan fingerprint density at radius 1 is 1.00 bits per heavy atom. The first kappa shape index (κ1) is 13.4. The van der Waals surface area contributed by atoms with Crippen molar-refractivity contribution < 1.29 is 14.5 Å². The molecule has 0 amide bonds. The summed E-state index contributed by atoms with van der Waals surface area (Å²) in [6.07, 6.45) is 6.78. The van der Waals surface area contributed by atoms with E-state index in [1.807, 2.05) is 6.07 Å². The van der Waals surface area contributed by atoms with Gasteiger partial charge in [0.25, 0.3) is 0 Å². The summed E-state index contributed by atoms with van der Waals surface area (Å²) in [7, 11) is 1.72. The molecule has 1 heterocycles. The molecule has 0 aromatic heterocycles. The van der Waals surface area contributed by atoms with Crippen molar-refractivity contribution in [2.24, 2.45) is 23.7 Å². The second-order valence-corrected chi connectivity index (χ2v) is 8.03. The van der Waals surface area contributed by atoms with Gasteiger partial charge in [0, 0.05) is 0 Å². The van der Waals surface area contributed by atoms with Gasteiger partial charge in [0.2, 0.25) is 0 Å². The number of hydrogen-bond donors (Lipinski definition) is 0. The first-order valence-corrected chi connectivity index (χ1v) is 8.67. The monoisotopic (exact) mass is 300 g/mol. The van der Waals surface area contributed by atoms with E-state index in [0.29, 0.717) is 11.8 Å². The fourth-order valence-corrected chi connectivity index (χ4v) is 6.26. The van der Waals surface area contributed by atoms with Crippen LogP contribution in [0, 0.1) is 23.7 Å². The molecule has 5 fully saturated rings. The summed E-state index contributed by atoms with van der Waals surface area (Å²) >= 11 is 0. The van der Waals surface area contributed by atoms with Gasteiger partial charge in [0.1, 0.15) is 11.4 Å². The Kier molecular flexibility index (Phi) is 2.60. The highest BCUT2D eigenvalue weighted by molar-refractivity contribution is 5.37. The second kappa shape index (κ2) is 4.27. The minimum Gasteiger partial charge on any atom is -0.497 e. The molecule has 3 nitrogen and oxygen atoms in total. The zero-order valence-corrected chi connectivity index (χ0v) is 13.4. The molecule has 4 bridgehead atoms. The van der Waals surface area contributed by atoms with Gasteiger partial charge in [-0.2, -0.15) is 0 Å². The fourth-order valence-electron chi connectivity index (χ4n) is 6.26. The molecule has 6 rings (SSSR count). The lowest BCUT2D eigenvalue weighted by Gasteiger charge is -2.69.